The second-order valence-electron chi connectivity index (χ2n) is 8.15. The summed E-state index contributed by atoms with van der Waals surface area (Å²) in [6.45, 7) is 1.52. The molecule has 0 spiro atoms. The summed E-state index contributed by atoms with van der Waals surface area (Å²) in [7, 11) is -3.56. The number of fused-ring (bicyclic) bond motifs is 2. The molecule has 10 heteroatoms. The van der Waals surface area contributed by atoms with Gasteiger partial charge in [0.15, 0.2) is 0 Å². The number of piperidine rings is 1. The first-order valence-corrected chi connectivity index (χ1v) is 11.8. The number of amides is 1. The van der Waals surface area contributed by atoms with Crippen LogP contribution >= 0.6 is 0 Å². The number of rotatable bonds is 4. The van der Waals surface area contributed by atoms with E-state index in [0.29, 0.717) is 31.9 Å². The van der Waals surface area contributed by atoms with Crippen molar-refractivity contribution in [2.24, 2.45) is 0 Å². The fraction of sp³-hybridized carbons (Fsp3) is 0.550. The Labute approximate surface area is 175 Å². The fourth-order valence-electron chi connectivity index (χ4n) is 4.96. The van der Waals surface area contributed by atoms with Crippen LogP contribution in [0.2, 0.25) is 0 Å². The molecule has 1 aromatic heterocycles. The van der Waals surface area contributed by atoms with Gasteiger partial charge in [0.25, 0.3) is 5.91 Å². The Morgan fingerprint density at radius 2 is 1.67 bits per heavy atom. The zero-order valence-corrected chi connectivity index (χ0v) is 17.4. The summed E-state index contributed by atoms with van der Waals surface area (Å²) in [5, 5.41) is 8.03. The first-order chi connectivity index (χ1) is 14.5. The van der Waals surface area contributed by atoms with E-state index in [9.17, 15) is 13.2 Å². The number of sulfonamides is 1. The lowest BCUT2D eigenvalue weighted by atomic mass is 9.96. The summed E-state index contributed by atoms with van der Waals surface area (Å²) in [5.74, 6) is -0.0186. The van der Waals surface area contributed by atoms with Crippen molar-refractivity contribution in [3.63, 3.8) is 0 Å². The minimum absolute atomic E-state index is 0.0186. The van der Waals surface area contributed by atoms with Crippen LogP contribution in [0, 0.1) is 0 Å². The molecular formula is C20H25N5O4S. The van der Waals surface area contributed by atoms with Gasteiger partial charge in [-0.2, -0.15) is 4.31 Å². The number of benzene rings is 1. The third kappa shape index (κ3) is 3.42. The highest BCUT2D eigenvalue weighted by Crippen LogP contribution is 2.41. The Bertz CT molecular complexity index is 988. The summed E-state index contributed by atoms with van der Waals surface area (Å²) in [5.41, 5.74) is 0.534. The summed E-state index contributed by atoms with van der Waals surface area (Å²) in [4.78, 5) is 15.4. The van der Waals surface area contributed by atoms with Gasteiger partial charge in [0, 0.05) is 36.9 Å². The standard InChI is InChI=1S/C20H25N5O4S/c26-20(25-16-3-4-17(25)14-18(13-16)24-8-7-21-22-24)15-1-5-19(6-2-15)30(27,28)23-9-11-29-12-10-23/h1-2,5-8,16-18H,3-4,9-14H2. The highest BCUT2D eigenvalue weighted by atomic mass is 32.2. The van der Waals surface area contributed by atoms with E-state index in [0.717, 1.165) is 25.7 Å². The molecule has 0 radical (unpaired) electrons. The monoisotopic (exact) mass is 431 g/mol. The molecular weight excluding hydrogens is 406 g/mol. The van der Waals surface area contributed by atoms with Crippen LogP contribution in [0.3, 0.4) is 0 Å². The highest BCUT2D eigenvalue weighted by molar-refractivity contribution is 7.89. The van der Waals surface area contributed by atoms with Crippen LogP contribution < -0.4 is 0 Å². The van der Waals surface area contributed by atoms with Crippen molar-refractivity contribution >= 4 is 15.9 Å². The molecule has 30 heavy (non-hydrogen) atoms. The van der Waals surface area contributed by atoms with Crippen LogP contribution in [-0.2, 0) is 14.8 Å². The van der Waals surface area contributed by atoms with E-state index in [1.54, 1.807) is 30.5 Å². The van der Waals surface area contributed by atoms with Crippen molar-refractivity contribution in [1.29, 1.82) is 0 Å². The molecule has 0 saturated carbocycles. The average molecular weight is 432 g/mol. The van der Waals surface area contributed by atoms with Crippen molar-refractivity contribution in [3.8, 4) is 0 Å². The van der Waals surface area contributed by atoms with Gasteiger partial charge in [0.05, 0.1) is 30.3 Å². The van der Waals surface area contributed by atoms with E-state index >= 15 is 0 Å². The van der Waals surface area contributed by atoms with Gasteiger partial charge in [-0.15, -0.1) is 5.10 Å². The van der Waals surface area contributed by atoms with Gasteiger partial charge in [-0.1, -0.05) is 5.21 Å². The van der Waals surface area contributed by atoms with E-state index < -0.39 is 10.0 Å². The molecule has 3 saturated heterocycles. The van der Waals surface area contributed by atoms with Crippen molar-refractivity contribution in [2.75, 3.05) is 26.3 Å². The number of carbonyl (C=O) groups excluding carboxylic acids is 1. The predicted octanol–water partition coefficient (Wildman–Crippen LogP) is 1.31. The van der Waals surface area contributed by atoms with Gasteiger partial charge in [0.2, 0.25) is 10.0 Å². The van der Waals surface area contributed by atoms with Crippen molar-refractivity contribution in [3.05, 3.63) is 42.2 Å². The molecule has 5 rings (SSSR count). The third-order valence-corrected chi connectivity index (χ3v) is 8.38. The molecule has 2 aromatic rings. The van der Waals surface area contributed by atoms with Gasteiger partial charge in [-0.25, -0.2) is 13.1 Å². The highest BCUT2D eigenvalue weighted by Gasteiger charge is 2.44. The van der Waals surface area contributed by atoms with Crippen LogP contribution in [0.1, 0.15) is 42.1 Å². The second-order valence-corrected chi connectivity index (χ2v) is 10.1. The molecule has 2 unspecified atom stereocenters. The maximum atomic E-state index is 13.2. The van der Waals surface area contributed by atoms with E-state index in [1.165, 1.54) is 4.31 Å². The van der Waals surface area contributed by atoms with Crippen LogP contribution in [0.5, 0.6) is 0 Å². The van der Waals surface area contributed by atoms with E-state index in [-0.39, 0.29) is 28.9 Å². The number of hydrogen-bond donors (Lipinski definition) is 0. The molecule has 3 fully saturated rings. The SMILES string of the molecule is O=C(c1ccc(S(=O)(=O)N2CCOCC2)cc1)N1C2CCC1CC(n1ccnn1)C2. The summed E-state index contributed by atoms with van der Waals surface area (Å²) in [6.07, 6.45) is 7.29. The molecule has 160 valence electrons. The largest absolute Gasteiger partial charge is 0.379 e. The van der Waals surface area contributed by atoms with E-state index in [2.05, 4.69) is 10.3 Å². The summed E-state index contributed by atoms with van der Waals surface area (Å²) < 4.78 is 34.2. The van der Waals surface area contributed by atoms with Gasteiger partial charge in [0.1, 0.15) is 0 Å². The second kappa shape index (κ2) is 7.75. The van der Waals surface area contributed by atoms with Crippen LogP contribution in [0.4, 0.5) is 0 Å². The lowest BCUT2D eigenvalue weighted by Gasteiger charge is -2.39. The number of ether oxygens (including phenoxy) is 1. The molecule has 1 aromatic carbocycles. The first-order valence-electron chi connectivity index (χ1n) is 10.4. The number of morpholine rings is 1. The molecule has 2 atom stereocenters. The predicted molar refractivity (Wildman–Crippen MR) is 107 cm³/mol. The van der Waals surface area contributed by atoms with E-state index in [1.807, 2.05) is 15.8 Å². The molecule has 0 N–H and O–H groups in total. The maximum absolute atomic E-state index is 13.2. The summed E-state index contributed by atoms with van der Waals surface area (Å²) >= 11 is 0. The zero-order chi connectivity index (χ0) is 20.7. The number of aromatic nitrogens is 3. The smallest absolute Gasteiger partial charge is 0.254 e. The lowest BCUT2D eigenvalue weighted by Crippen LogP contribution is -2.47. The van der Waals surface area contributed by atoms with Crippen LogP contribution in [0.15, 0.2) is 41.6 Å². The van der Waals surface area contributed by atoms with Crippen LogP contribution in [-0.4, -0.2) is 76.9 Å². The van der Waals surface area contributed by atoms with Crippen molar-refractivity contribution in [2.45, 2.75) is 48.7 Å². The molecule has 0 aliphatic carbocycles. The number of carbonyl (C=O) groups is 1. The summed E-state index contributed by atoms with van der Waals surface area (Å²) in [6, 6.07) is 7.00. The fourth-order valence-corrected chi connectivity index (χ4v) is 6.37. The minimum atomic E-state index is -3.56. The van der Waals surface area contributed by atoms with Crippen LogP contribution in [0.25, 0.3) is 0 Å². The molecule has 3 aliphatic rings. The zero-order valence-electron chi connectivity index (χ0n) is 16.6. The Morgan fingerprint density at radius 1 is 1.00 bits per heavy atom. The Morgan fingerprint density at radius 3 is 2.27 bits per heavy atom. The van der Waals surface area contributed by atoms with Gasteiger partial charge >= 0.3 is 0 Å². The molecule has 2 bridgehead atoms. The van der Waals surface area contributed by atoms with Gasteiger partial charge in [-0.3, -0.25) is 4.79 Å². The Balaban J connectivity index is 1.31. The average Bonchev–Trinajstić information content (AvgIpc) is 3.40. The first kappa shape index (κ1) is 19.7. The van der Waals surface area contributed by atoms with Crippen molar-refractivity contribution < 1.29 is 17.9 Å². The topological polar surface area (TPSA) is 97.6 Å². The Kier molecular flexibility index (Phi) is 5.08. The van der Waals surface area contributed by atoms with Gasteiger partial charge < -0.3 is 9.64 Å². The van der Waals surface area contributed by atoms with Gasteiger partial charge in [-0.05, 0) is 49.9 Å². The number of hydrogen-bond acceptors (Lipinski definition) is 6. The molecule has 4 heterocycles. The maximum Gasteiger partial charge on any atom is 0.254 e. The normalized spacial score (nSPS) is 27.3. The van der Waals surface area contributed by atoms with E-state index in [4.69, 9.17) is 4.74 Å². The molecule has 1 amide bonds. The Hall–Kier alpha value is -2.30. The quantitative estimate of drug-likeness (QED) is 0.724. The lowest BCUT2D eigenvalue weighted by molar-refractivity contribution is 0.0522. The molecule has 9 nitrogen and oxygen atoms in total. The van der Waals surface area contributed by atoms with Crippen molar-refractivity contribution in [1.82, 2.24) is 24.2 Å². The minimum Gasteiger partial charge on any atom is -0.379 e. The molecule has 3 aliphatic heterocycles. The number of nitrogens with zero attached hydrogens (tertiary/aromatic N) is 5. The third-order valence-electron chi connectivity index (χ3n) is 6.47.